The van der Waals surface area contributed by atoms with Crippen LogP contribution in [0, 0.1) is 0 Å². The van der Waals surface area contributed by atoms with Crippen molar-refractivity contribution in [2.45, 2.75) is 31.7 Å². The Morgan fingerprint density at radius 1 is 1.17 bits per heavy atom. The SMILES string of the molecule is CCn1c(SCC(=O)c2ccc(Cl)cc2Cl)nnc1C(C)Oc1cccc(OC)c1. The third-order valence-corrected chi connectivity index (χ3v) is 5.86. The molecule has 1 unspecified atom stereocenters. The normalized spacial score (nSPS) is 11.9. The molecule has 3 rings (SSSR count). The minimum Gasteiger partial charge on any atom is -0.497 e. The van der Waals surface area contributed by atoms with Gasteiger partial charge in [0.25, 0.3) is 0 Å². The number of benzene rings is 2. The number of halogens is 2. The Hall–Kier alpha value is -2.22. The topological polar surface area (TPSA) is 66.2 Å². The average Bonchev–Trinajstić information content (AvgIpc) is 3.15. The monoisotopic (exact) mass is 465 g/mol. The van der Waals surface area contributed by atoms with Gasteiger partial charge < -0.3 is 14.0 Å². The fourth-order valence-corrected chi connectivity index (χ4v) is 4.27. The first-order valence-electron chi connectivity index (χ1n) is 9.27. The van der Waals surface area contributed by atoms with E-state index < -0.39 is 0 Å². The minimum atomic E-state index is -0.333. The van der Waals surface area contributed by atoms with Crippen LogP contribution in [0.3, 0.4) is 0 Å². The molecule has 0 saturated heterocycles. The van der Waals surface area contributed by atoms with Crippen LogP contribution in [-0.2, 0) is 6.54 Å². The summed E-state index contributed by atoms with van der Waals surface area (Å²) in [5.74, 6) is 2.15. The molecule has 0 radical (unpaired) electrons. The Balaban J connectivity index is 1.71. The molecule has 0 spiro atoms. The summed E-state index contributed by atoms with van der Waals surface area (Å²) in [4.78, 5) is 12.5. The summed E-state index contributed by atoms with van der Waals surface area (Å²) >= 11 is 13.3. The van der Waals surface area contributed by atoms with E-state index in [0.29, 0.717) is 44.6 Å². The van der Waals surface area contributed by atoms with Crippen molar-refractivity contribution in [2.75, 3.05) is 12.9 Å². The number of Topliss-reactive ketones (excluding diaryl/α,β-unsaturated/α-hetero) is 1. The van der Waals surface area contributed by atoms with Crippen molar-refractivity contribution in [2.24, 2.45) is 0 Å². The fourth-order valence-electron chi connectivity index (χ4n) is 2.86. The summed E-state index contributed by atoms with van der Waals surface area (Å²) in [5.41, 5.74) is 0.436. The van der Waals surface area contributed by atoms with Crippen molar-refractivity contribution in [3.8, 4) is 11.5 Å². The summed E-state index contributed by atoms with van der Waals surface area (Å²) in [5, 5.41) is 10.0. The van der Waals surface area contributed by atoms with Gasteiger partial charge in [-0.1, -0.05) is 41.0 Å². The van der Waals surface area contributed by atoms with Crippen LogP contribution in [0.1, 0.15) is 36.1 Å². The molecule has 0 aliphatic heterocycles. The first kappa shape index (κ1) is 22.5. The second-order valence-electron chi connectivity index (χ2n) is 6.36. The summed E-state index contributed by atoms with van der Waals surface area (Å²) in [6, 6.07) is 12.2. The molecule has 0 N–H and O–H groups in total. The lowest BCUT2D eigenvalue weighted by Crippen LogP contribution is -2.12. The second-order valence-corrected chi connectivity index (χ2v) is 8.15. The smallest absolute Gasteiger partial charge is 0.191 e. The van der Waals surface area contributed by atoms with Crippen molar-refractivity contribution >= 4 is 40.7 Å². The number of ether oxygens (including phenoxy) is 2. The highest BCUT2D eigenvalue weighted by atomic mass is 35.5. The molecule has 0 aliphatic carbocycles. The minimum absolute atomic E-state index is 0.102. The van der Waals surface area contributed by atoms with Gasteiger partial charge in [-0.25, -0.2) is 0 Å². The Morgan fingerprint density at radius 3 is 2.63 bits per heavy atom. The van der Waals surface area contributed by atoms with Crippen LogP contribution in [0.15, 0.2) is 47.6 Å². The number of aromatic nitrogens is 3. The lowest BCUT2D eigenvalue weighted by atomic mass is 10.1. The van der Waals surface area contributed by atoms with Crippen LogP contribution in [0.4, 0.5) is 0 Å². The third kappa shape index (κ3) is 5.28. The lowest BCUT2D eigenvalue weighted by molar-refractivity contribution is 0.102. The van der Waals surface area contributed by atoms with E-state index in [-0.39, 0.29) is 17.6 Å². The van der Waals surface area contributed by atoms with E-state index in [1.807, 2.05) is 42.7 Å². The van der Waals surface area contributed by atoms with E-state index >= 15 is 0 Å². The fraction of sp³-hybridized carbons (Fsp3) is 0.286. The van der Waals surface area contributed by atoms with Gasteiger partial charge in [0, 0.05) is 23.2 Å². The molecule has 3 aromatic rings. The molecule has 0 saturated carbocycles. The molecule has 0 fully saturated rings. The van der Waals surface area contributed by atoms with Crippen LogP contribution in [0.5, 0.6) is 11.5 Å². The molecule has 2 aromatic carbocycles. The molecular weight excluding hydrogens is 445 g/mol. The van der Waals surface area contributed by atoms with Crippen molar-refractivity contribution in [1.29, 1.82) is 0 Å². The van der Waals surface area contributed by atoms with Gasteiger partial charge in [0.1, 0.15) is 11.5 Å². The maximum Gasteiger partial charge on any atom is 0.191 e. The number of carbonyl (C=O) groups is 1. The van der Waals surface area contributed by atoms with Gasteiger partial charge in [-0.3, -0.25) is 4.79 Å². The van der Waals surface area contributed by atoms with E-state index in [9.17, 15) is 4.79 Å². The molecule has 30 heavy (non-hydrogen) atoms. The molecule has 0 amide bonds. The summed E-state index contributed by atoms with van der Waals surface area (Å²) in [6.07, 6.45) is -0.333. The molecule has 6 nitrogen and oxygen atoms in total. The van der Waals surface area contributed by atoms with E-state index in [4.69, 9.17) is 32.7 Å². The number of hydrogen-bond acceptors (Lipinski definition) is 6. The number of methoxy groups -OCH3 is 1. The lowest BCUT2D eigenvalue weighted by Gasteiger charge is -2.16. The van der Waals surface area contributed by atoms with E-state index in [1.54, 1.807) is 25.3 Å². The van der Waals surface area contributed by atoms with Gasteiger partial charge in [-0.15, -0.1) is 10.2 Å². The van der Waals surface area contributed by atoms with E-state index in [2.05, 4.69) is 10.2 Å². The predicted molar refractivity (Wildman–Crippen MR) is 119 cm³/mol. The summed E-state index contributed by atoms with van der Waals surface area (Å²) in [6.45, 7) is 4.54. The number of thioether (sulfide) groups is 1. The van der Waals surface area contributed by atoms with Crippen LogP contribution < -0.4 is 9.47 Å². The Kier molecular flexibility index (Phi) is 7.64. The highest BCUT2D eigenvalue weighted by Gasteiger charge is 2.20. The molecule has 1 aromatic heterocycles. The second kappa shape index (κ2) is 10.2. The predicted octanol–water partition coefficient (Wildman–Crippen LogP) is 5.73. The van der Waals surface area contributed by atoms with Gasteiger partial charge in [-0.2, -0.15) is 0 Å². The number of carbonyl (C=O) groups excluding carboxylic acids is 1. The van der Waals surface area contributed by atoms with Crippen molar-refractivity contribution in [3.63, 3.8) is 0 Å². The van der Waals surface area contributed by atoms with Gasteiger partial charge in [0.15, 0.2) is 22.9 Å². The largest absolute Gasteiger partial charge is 0.497 e. The van der Waals surface area contributed by atoms with E-state index in [0.717, 1.165) is 0 Å². The standard InChI is InChI=1S/C21H21Cl2N3O3S/c1-4-26-20(13(2)29-16-7-5-6-15(11-16)28-3)24-25-21(26)30-12-19(27)17-9-8-14(22)10-18(17)23/h5-11,13H,4,12H2,1-3H3. The van der Waals surface area contributed by atoms with Crippen LogP contribution in [0.2, 0.25) is 10.0 Å². The zero-order valence-electron chi connectivity index (χ0n) is 16.8. The molecule has 1 atom stereocenters. The van der Waals surface area contributed by atoms with Crippen LogP contribution in [-0.4, -0.2) is 33.4 Å². The first-order chi connectivity index (χ1) is 14.4. The van der Waals surface area contributed by atoms with Crippen LogP contribution in [0.25, 0.3) is 0 Å². The van der Waals surface area contributed by atoms with Crippen LogP contribution >= 0.6 is 35.0 Å². The molecule has 0 aliphatic rings. The average molecular weight is 466 g/mol. The van der Waals surface area contributed by atoms with Gasteiger partial charge in [0.2, 0.25) is 0 Å². The molecule has 158 valence electrons. The van der Waals surface area contributed by atoms with Crippen molar-refractivity contribution < 1.29 is 14.3 Å². The molecule has 0 bridgehead atoms. The molecule has 1 heterocycles. The van der Waals surface area contributed by atoms with Gasteiger partial charge >= 0.3 is 0 Å². The zero-order valence-corrected chi connectivity index (χ0v) is 19.1. The van der Waals surface area contributed by atoms with Gasteiger partial charge in [-0.05, 0) is 44.2 Å². The molecule has 9 heteroatoms. The maximum atomic E-state index is 12.5. The summed E-state index contributed by atoms with van der Waals surface area (Å²) < 4.78 is 13.2. The first-order valence-corrected chi connectivity index (χ1v) is 11.0. The highest BCUT2D eigenvalue weighted by molar-refractivity contribution is 7.99. The zero-order chi connectivity index (χ0) is 21.7. The number of ketones is 1. The van der Waals surface area contributed by atoms with Gasteiger partial charge in [0.05, 0.1) is 17.9 Å². The Bertz CT molecular complexity index is 1040. The number of nitrogens with zero attached hydrogens (tertiary/aromatic N) is 3. The number of hydrogen-bond donors (Lipinski definition) is 0. The molecular formula is C21H21Cl2N3O3S. The number of rotatable bonds is 9. The Morgan fingerprint density at radius 2 is 1.93 bits per heavy atom. The van der Waals surface area contributed by atoms with Crippen molar-refractivity contribution in [3.05, 3.63) is 63.9 Å². The maximum absolute atomic E-state index is 12.5. The quantitative estimate of drug-likeness (QED) is 0.297. The van der Waals surface area contributed by atoms with Crippen molar-refractivity contribution in [1.82, 2.24) is 14.8 Å². The third-order valence-electron chi connectivity index (χ3n) is 4.34. The summed E-state index contributed by atoms with van der Waals surface area (Å²) in [7, 11) is 1.61. The Labute approximate surface area is 189 Å². The highest BCUT2D eigenvalue weighted by Crippen LogP contribution is 2.28. The van der Waals surface area contributed by atoms with E-state index in [1.165, 1.54) is 11.8 Å².